The standard InChI is InChI=1S/C8H15NO2/c1-2-3-4-7-11-9-6-5-8(9)10/h2-7H2,1H3. The Morgan fingerprint density at radius 1 is 1.55 bits per heavy atom. The van der Waals surface area contributed by atoms with Crippen LogP contribution >= 0.6 is 0 Å². The molecule has 1 fully saturated rings. The summed E-state index contributed by atoms with van der Waals surface area (Å²) in [6.07, 6.45) is 4.09. The Morgan fingerprint density at radius 3 is 2.82 bits per heavy atom. The summed E-state index contributed by atoms with van der Waals surface area (Å²) >= 11 is 0. The number of hydroxylamine groups is 2. The summed E-state index contributed by atoms with van der Waals surface area (Å²) < 4.78 is 0. The minimum absolute atomic E-state index is 0.126. The van der Waals surface area contributed by atoms with E-state index in [1.54, 1.807) is 0 Å². The van der Waals surface area contributed by atoms with E-state index in [-0.39, 0.29) is 5.91 Å². The normalized spacial score (nSPS) is 16.8. The zero-order valence-corrected chi connectivity index (χ0v) is 7.01. The van der Waals surface area contributed by atoms with Crippen molar-refractivity contribution < 1.29 is 9.63 Å². The zero-order chi connectivity index (χ0) is 8.10. The molecule has 1 aliphatic rings. The molecule has 1 amide bonds. The molecule has 11 heavy (non-hydrogen) atoms. The Labute approximate surface area is 67.3 Å². The maximum atomic E-state index is 10.7. The molecule has 3 nitrogen and oxygen atoms in total. The van der Waals surface area contributed by atoms with Crippen LogP contribution in [0.4, 0.5) is 0 Å². The quantitative estimate of drug-likeness (QED) is 0.445. The molecular weight excluding hydrogens is 142 g/mol. The van der Waals surface area contributed by atoms with Crippen molar-refractivity contribution in [3.05, 3.63) is 0 Å². The fourth-order valence-electron chi connectivity index (χ4n) is 0.958. The topological polar surface area (TPSA) is 29.5 Å². The van der Waals surface area contributed by atoms with Crippen LogP contribution in [0, 0.1) is 0 Å². The van der Waals surface area contributed by atoms with Crippen LogP contribution in [0.1, 0.15) is 32.6 Å². The van der Waals surface area contributed by atoms with Crippen molar-refractivity contribution in [1.82, 2.24) is 5.06 Å². The number of nitrogens with zero attached hydrogens (tertiary/aromatic N) is 1. The smallest absolute Gasteiger partial charge is 0.248 e. The van der Waals surface area contributed by atoms with Crippen molar-refractivity contribution in [3.8, 4) is 0 Å². The summed E-state index contributed by atoms with van der Waals surface area (Å²) in [4.78, 5) is 15.9. The number of amides is 1. The molecule has 0 radical (unpaired) electrons. The van der Waals surface area contributed by atoms with Gasteiger partial charge in [-0.15, -0.1) is 0 Å². The van der Waals surface area contributed by atoms with E-state index in [1.165, 1.54) is 17.9 Å². The second-order valence-corrected chi connectivity index (χ2v) is 2.79. The first-order chi connectivity index (χ1) is 5.34. The molecule has 0 aromatic heterocycles. The van der Waals surface area contributed by atoms with Crippen molar-refractivity contribution in [2.45, 2.75) is 32.6 Å². The average Bonchev–Trinajstić information content (AvgIpc) is 2.02. The molecule has 3 heteroatoms. The van der Waals surface area contributed by atoms with E-state index in [2.05, 4.69) is 6.92 Å². The summed E-state index contributed by atoms with van der Waals surface area (Å²) in [6.45, 7) is 3.62. The third kappa shape index (κ3) is 2.50. The lowest BCUT2D eigenvalue weighted by atomic mass is 10.2. The van der Waals surface area contributed by atoms with Gasteiger partial charge in [0.25, 0.3) is 0 Å². The van der Waals surface area contributed by atoms with Crippen LogP contribution in [0.15, 0.2) is 0 Å². The van der Waals surface area contributed by atoms with Crippen molar-refractivity contribution >= 4 is 5.91 Å². The van der Waals surface area contributed by atoms with Gasteiger partial charge in [-0.1, -0.05) is 19.8 Å². The lowest BCUT2D eigenvalue weighted by molar-refractivity contribution is -0.207. The third-order valence-corrected chi connectivity index (χ3v) is 1.80. The second-order valence-electron chi connectivity index (χ2n) is 2.79. The van der Waals surface area contributed by atoms with Crippen LogP contribution in [0.5, 0.6) is 0 Å². The Hall–Kier alpha value is -0.570. The predicted octanol–water partition coefficient (Wildman–Crippen LogP) is 1.34. The van der Waals surface area contributed by atoms with Crippen LogP contribution in [-0.2, 0) is 9.63 Å². The molecule has 1 heterocycles. The molecule has 0 unspecified atom stereocenters. The van der Waals surface area contributed by atoms with E-state index in [0.29, 0.717) is 13.0 Å². The highest BCUT2D eigenvalue weighted by molar-refractivity contribution is 5.80. The van der Waals surface area contributed by atoms with Gasteiger partial charge < -0.3 is 0 Å². The molecule has 0 bridgehead atoms. The molecule has 1 rings (SSSR count). The highest BCUT2D eigenvalue weighted by Crippen LogP contribution is 2.09. The molecule has 0 N–H and O–H groups in total. The number of rotatable bonds is 5. The highest BCUT2D eigenvalue weighted by atomic mass is 16.7. The van der Waals surface area contributed by atoms with Crippen molar-refractivity contribution in [3.63, 3.8) is 0 Å². The third-order valence-electron chi connectivity index (χ3n) is 1.80. The van der Waals surface area contributed by atoms with Crippen LogP contribution < -0.4 is 0 Å². The van der Waals surface area contributed by atoms with E-state index in [0.717, 1.165) is 13.0 Å². The lowest BCUT2D eigenvalue weighted by Crippen LogP contribution is -2.43. The maximum absolute atomic E-state index is 10.7. The van der Waals surface area contributed by atoms with Gasteiger partial charge in [-0.25, -0.2) is 5.06 Å². The van der Waals surface area contributed by atoms with Crippen LogP contribution in [-0.4, -0.2) is 24.1 Å². The molecule has 1 aliphatic heterocycles. The summed E-state index contributed by atoms with van der Waals surface area (Å²) in [6, 6.07) is 0. The van der Waals surface area contributed by atoms with Gasteiger partial charge in [-0.2, -0.15) is 0 Å². The molecule has 0 spiro atoms. The maximum Gasteiger partial charge on any atom is 0.248 e. The van der Waals surface area contributed by atoms with Gasteiger partial charge in [0.2, 0.25) is 5.91 Å². The largest absolute Gasteiger partial charge is 0.273 e. The number of hydrogen-bond donors (Lipinski definition) is 0. The Balaban J connectivity index is 1.91. The number of β-lactam (4-membered cyclic amide) rings is 1. The summed E-state index contributed by atoms with van der Waals surface area (Å²) in [5, 5.41) is 1.45. The highest BCUT2D eigenvalue weighted by Gasteiger charge is 2.24. The minimum atomic E-state index is 0.126. The molecule has 0 aromatic carbocycles. The lowest BCUT2D eigenvalue weighted by Gasteiger charge is -2.28. The van der Waals surface area contributed by atoms with E-state index < -0.39 is 0 Å². The van der Waals surface area contributed by atoms with Crippen molar-refractivity contribution in [2.24, 2.45) is 0 Å². The first-order valence-electron chi connectivity index (χ1n) is 4.28. The van der Waals surface area contributed by atoms with E-state index in [9.17, 15) is 4.79 Å². The molecule has 64 valence electrons. The fraction of sp³-hybridized carbons (Fsp3) is 0.875. The Bertz CT molecular complexity index is 136. The zero-order valence-electron chi connectivity index (χ0n) is 7.01. The average molecular weight is 157 g/mol. The Kier molecular flexibility index (Phi) is 3.36. The SMILES string of the molecule is CCCCCON1CCC1=O. The van der Waals surface area contributed by atoms with Crippen molar-refractivity contribution in [2.75, 3.05) is 13.2 Å². The molecule has 0 atom stereocenters. The van der Waals surface area contributed by atoms with E-state index >= 15 is 0 Å². The minimum Gasteiger partial charge on any atom is -0.273 e. The fourth-order valence-corrected chi connectivity index (χ4v) is 0.958. The number of unbranched alkanes of at least 4 members (excludes halogenated alkanes) is 2. The van der Waals surface area contributed by atoms with Gasteiger partial charge >= 0.3 is 0 Å². The van der Waals surface area contributed by atoms with Gasteiger partial charge in [-0.05, 0) is 6.42 Å². The first-order valence-corrected chi connectivity index (χ1v) is 4.28. The molecule has 0 saturated carbocycles. The molecular formula is C8H15NO2. The van der Waals surface area contributed by atoms with Crippen LogP contribution in [0.2, 0.25) is 0 Å². The molecule has 1 saturated heterocycles. The molecule has 0 aromatic rings. The van der Waals surface area contributed by atoms with Gasteiger partial charge in [-0.3, -0.25) is 9.63 Å². The number of carbonyl (C=O) groups excluding carboxylic acids is 1. The number of hydrogen-bond acceptors (Lipinski definition) is 2. The predicted molar refractivity (Wildman–Crippen MR) is 41.8 cm³/mol. The van der Waals surface area contributed by atoms with Gasteiger partial charge in [0.15, 0.2) is 0 Å². The van der Waals surface area contributed by atoms with Gasteiger partial charge in [0.1, 0.15) is 0 Å². The first kappa shape index (κ1) is 8.53. The van der Waals surface area contributed by atoms with Gasteiger partial charge in [0.05, 0.1) is 13.2 Å². The monoisotopic (exact) mass is 157 g/mol. The van der Waals surface area contributed by atoms with E-state index in [4.69, 9.17) is 4.84 Å². The van der Waals surface area contributed by atoms with Crippen molar-refractivity contribution in [1.29, 1.82) is 0 Å². The van der Waals surface area contributed by atoms with Crippen LogP contribution in [0.25, 0.3) is 0 Å². The van der Waals surface area contributed by atoms with Crippen LogP contribution in [0.3, 0.4) is 0 Å². The summed E-state index contributed by atoms with van der Waals surface area (Å²) in [5.41, 5.74) is 0. The number of carbonyl (C=O) groups is 1. The van der Waals surface area contributed by atoms with E-state index in [1.807, 2.05) is 0 Å². The second kappa shape index (κ2) is 4.34. The molecule has 0 aliphatic carbocycles. The summed E-state index contributed by atoms with van der Waals surface area (Å²) in [7, 11) is 0. The summed E-state index contributed by atoms with van der Waals surface area (Å²) in [5.74, 6) is 0.126. The van der Waals surface area contributed by atoms with Gasteiger partial charge in [0, 0.05) is 6.42 Å². The Morgan fingerprint density at radius 2 is 2.36 bits per heavy atom.